The van der Waals surface area contributed by atoms with Gasteiger partial charge in [0, 0.05) is 12.3 Å². The number of hydrogen-bond acceptors (Lipinski definition) is 17. The third kappa shape index (κ3) is 7.51. The van der Waals surface area contributed by atoms with Gasteiger partial charge < -0.3 is 83.9 Å². The van der Waals surface area contributed by atoms with Gasteiger partial charge in [-0.05, 0) is 91.8 Å². The van der Waals surface area contributed by atoms with Crippen molar-refractivity contribution >= 4 is 0 Å². The zero-order valence-corrected chi connectivity index (χ0v) is 35.8. The van der Waals surface area contributed by atoms with Gasteiger partial charge >= 0.3 is 0 Å². The zero-order valence-electron chi connectivity index (χ0n) is 35.8. The maximum absolute atomic E-state index is 11.7. The molecule has 3 saturated carbocycles. The van der Waals surface area contributed by atoms with Crippen LogP contribution in [0.1, 0.15) is 85.5 Å². The van der Waals surface area contributed by atoms with E-state index in [0.29, 0.717) is 48.3 Å². The number of ether oxygens (including phenoxy) is 8. The number of fused-ring (bicyclic) bond motifs is 7. The minimum atomic E-state index is -1.81. The molecule has 17 heteroatoms. The van der Waals surface area contributed by atoms with E-state index >= 15 is 0 Å². The summed E-state index contributed by atoms with van der Waals surface area (Å²) in [5, 5.41) is 94.8. The van der Waals surface area contributed by atoms with Crippen molar-refractivity contribution in [3.8, 4) is 0 Å². The summed E-state index contributed by atoms with van der Waals surface area (Å²) in [5.74, 6) is 2.60. The van der Waals surface area contributed by atoms with E-state index in [-0.39, 0.29) is 23.0 Å². The SMILES string of the molecule is C[C@@H]1CC[C@@]2(OC1)O[C@H]1C[C@H]3[C@@H]4CC=C5C[C@@H](O[C@@H]6O[C@H](CO[C@@H]7O[C@@H](CO)[C@H](O)[C@H]7O)[C@H](O)[C@H](O[C@@H]7O[C@H](CO)[C@H](O)[C@H](O)[C@H]7O)[C@H]6O)CC[C@]5(C)[C@H]4CC[C@]3(C)[C@H]1[C@@H]2C. The van der Waals surface area contributed by atoms with Gasteiger partial charge in [0.2, 0.25) is 0 Å². The minimum Gasteiger partial charge on any atom is -0.394 e. The highest BCUT2D eigenvalue weighted by Crippen LogP contribution is 2.70. The molecule has 9 rings (SSSR count). The van der Waals surface area contributed by atoms with Gasteiger partial charge in [0.1, 0.15) is 67.1 Å². The summed E-state index contributed by atoms with van der Waals surface area (Å²) >= 11 is 0. The Kier molecular flexibility index (Phi) is 12.6. The van der Waals surface area contributed by atoms with Crippen molar-refractivity contribution in [2.45, 2.75) is 189 Å². The van der Waals surface area contributed by atoms with Crippen molar-refractivity contribution < 1.29 is 83.9 Å². The molecule has 5 aliphatic heterocycles. The van der Waals surface area contributed by atoms with Gasteiger partial charge in [0.25, 0.3) is 0 Å². The van der Waals surface area contributed by atoms with Crippen LogP contribution in [0.2, 0.25) is 0 Å². The van der Waals surface area contributed by atoms with E-state index in [1.54, 1.807) is 0 Å². The number of hydrogen-bond donors (Lipinski definition) is 9. The maximum atomic E-state index is 11.7. The molecule has 9 N–H and O–H groups in total. The molecule has 0 aromatic heterocycles. The Balaban J connectivity index is 0.892. The molecule has 5 saturated heterocycles. The van der Waals surface area contributed by atoms with Crippen molar-refractivity contribution in [1.82, 2.24) is 0 Å². The van der Waals surface area contributed by atoms with Gasteiger partial charge in [0.15, 0.2) is 24.7 Å². The van der Waals surface area contributed by atoms with Crippen LogP contribution in [-0.2, 0) is 37.9 Å². The summed E-state index contributed by atoms with van der Waals surface area (Å²) in [7, 11) is 0. The second-order valence-corrected chi connectivity index (χ2v) is 20.6. The van der Waals surface area contributed by atoms with Gasteiger partial charge in [-0.2, -0.15) is 0 Å². The normalized spacial score (nSPS) is 57.0. The first-order valence-electron chi connectivity index (χ1n) is 22.9. The molecule has 8 fully saturated rings. The second-order valence-electron chi connectivity index (χ2n) is 20.6. The molecule has 0 bridgehead atoms. The molecule has 61 heavy (non-hydrogen) atoms. The van der Waals surface area contributed by atoms with Crippen LogP contribution in [-0.4, -0.2) is 176 Å². The fourth-order valence-electron chi connectivity index (χ4n) is 13.8. The Labute approximate surface area is 357 Å². The molecule has 0 radical (unpaired) electrons. The van der Waals surface area contributed by atoms with Crippen LogP contribution < -0.4 is 0 Å². The Bertz CT molecular complexity index is 1580. The first kappa shape index (κ1) is 45.2. The Morgan fingerprint density at radius 2 is 1.38 bits per heavy atom. The van der Waals surface area contributed by atoms with Crippen LogP contribution in [0.15, 0.2) is 11.6 Å². The van der Waals surface area contributed by atoms with Crippen molar-refractivity contribution in [3.05, 3.63) is 11.6 Å². The molecule has 1 spiro atoms. The number of aliphatic hydroxyl groups excluding tert-OH is 9. The first-order valence-corrected chi connectivity index (χ1v) is 22.9. The summed E-state index contributed by atoms with van der Waals surface area (Å²) in [4.78, 5) is 0. The third-order valence-electron chi connectivity index (χ3n) is 17.4. The molecule has 0 aromatic carbocycles. The predicted molar refractivity (Wildman–Crippen MR) is 210 cm³/mol. The molecule has 0 amide bonds. The predicted octanol–water partition coefficient (Wildman–Crippen LogP) is -0.174. The van der Waals surface area contributed by atoms with Crippen LogP contribution in [0, 0.1) is 46.3 Å². The standard InChI is InChI=1S/C44H70O17/c1-19-7-12-44(55-17-19)20(2)30-26(61-44)14-25-23-6-5-21-13-22(8-10-42(21,3)24(23)9-11-43(25,30)4)56-41-37(53)38(60-40-36(52)34(50)31(47)27(15-45)58-40)33(49)29(59-41)18-54-39-35(51)32(48)28(16-46)57-39/h5,19-20,22-41,45-53H,6-18H2,1-4H3/t19-,20+,22+,23-,24+,25+,26+,27-,28+,29-,30+,31+,32+,33+,34+,35-,36-,37-,38+,39-,40+,41-,42+,43+,44-/m1/s1. The monoisotopic (exact) mass is 870 g/mol. The van der Waals surface area contributed by atoms with Gasteiger partial charge in [-0.25, -0.2) is 0 Å². The van der Waals surface area contributed by atoms with Gasteiger partial charge in [0.05, 0.1) is 38.6 Å². The number of rotatable bonds is 9. The first-order chi connectivity index (χ1) is 29.0. The average molecular weight is 871 g/mol. The van der Waals surface area contributed by atoms with E-state index in [4.69, 9.17) is 37.9 Å². The second kappa shape index (κ2) is 17.0. The third-order valence-corrected chi connectivity index (χ3v) is 17.4. The van der Waals surface area contributed by atoms with Gasteiger partial charge in [-0.1, -0.05) is 39.3 Å². The summed E-state index contributed by atoms with van der Waals surface area (Å²) < 4.78 is 48.9. The molecule has 0 aromatic rings. The lowest BCUT2D eigenvalue weighted by Crippen LogP contribution is -2.65. The zero-order chi connectivity index (χ0) is 43.3. The highest BCUT2D eigenvalue weighted by Gasteiger charge is 2.69. The van der Waals surface area contributed by atoms with Crippen LogP contribution in [0.25, 0.3) is 0 Å². The van der Waals surface area contributed by atoms with E-state index in [1.165, 1.54) is 5.57 Å². The van der Waals surface area contributed by atoms with E-state index in [1.807, 2.05) is 0 Å². The molecule has 5 heterocycles. The maximum Gasteiger partial charge on any atom is 0.187 e. The molecular formula is C44H70O17. The topological polar surface area (TPSA) is 256 Å². The van der Waals surface area contributed by atoms with Crippen molar-refractivity contribution in [2.24, 2.45) is 46.3 Å². The van der Waals surface area contributed by atoms with Crippen LogP contribution in [0.3, 0.4) is 0 Å². The Hall–Kier alpha value is -0.940. The van der Waals surface area contributed by atoms with Crippen molar-refractivity contribution in [1.29, 1.82) is 0 Å². The highest BCUT2D eigenvalue weighted by atomic mass is 16.8. The number of aliphatic hydroxyl groups is 9. The molecule has 0 unspecified atom stereocenters. The summed E-state index contributed by atoms with van der Waals surface area (Å²) in [6.07, 6.45) is -10.2. The van der Waals surface area contributed by atoms with E-state index in [0.717, 1.165) is 51.6 Å². The van der Waals surface area contributed by atoms with Gasteiger partial charge in [-0.3, -0.25) is 0 Å². The van der Waals surface area contributed by atoms with Crippen LogP contribution >= 0.6 is 0 Å². The molecule has 9 aliphatic rings. The summed E-state index contributed by atoms with van der Waals surface area (Å²) in [5.41, 5.74) is 1.51. The summed E-state index contributed by atoms with van der Waals surface area (Å²) in [6.45, 7) is 8.63. The summed E-state index contributed by atoms with van der Waals surface area (Å²) in [6, 6.07) is 0. The lowest BCUT2D eigenvalue weighted by atomic mass is 9.47. The van der Waals surface area contributed by atoms with Crippen molar-refractivity contribution in [3.63, 3.8) is 0 Å². The molecule has 348 valence electrons. The lowest BCUT2D eigenvalue weighted by molar-refractivity contribution is -0.366. The minimum absolute atomic E-state index is 0.0232. The smallest absolute Gasteiger partial charge is 0.187 e. The fraction of sp³-hybridized carbons (Fsp3) is 0.955. The van der Waals surface area contributed by atoms with Crippen molar-refractivity contribution in [2.75, 3.05) is 26.4 Å². The Morgan fingerprint density at radius 3 is 2.08 bits per heavy atom. The van der Waals surface area contributed by atoms with E-state index in [9.17, 15) is 46.0 Å². The van der Waals surface area contributed by atoms with E-state index < -0.39 is 112 Å². The molecule has 25 atom stereocenters. The largest absolute Gasteiger partial charge is 0.394 e. The average Bonchev–Trinajstić information content (AvgIpc) is 3.81. The Morgan fingerprint density at radius 1 is 0.705 bits per heavy atom. The van der Waals surface area contributed by atoms with Gasteiger partial charge in [-0.15, -0.1) is 0 Å². The molecule has 17 nitrogen and oxygen atoms in total. The number of allylic oxidation sites excluding steroid dienone is 1. The van der Waals surface area contributed by atoms with Crippen LogP contribution in [0.4, 0.5) is 0 Å². The molecular weight excluding hydrogens is 800 g/mol. The fourth-order valence-corrected chi connectivity index (χ4v) is 13.8. The molecule has 4 aliphatic carbocycles. The lowest BCUT2D eigenvalue weighted by Gasteiger charge is -2.58. The quantitative estimate of drug-likeness (QED) is 0.136. The van der Waals surface area contributed by atoms with E-state index in [2.05, 4.69) is 33.8 Å². The van der Waals surface area contributed by atoms with Crippen LogP contribution in [0.5, 0.6) is 0 Å². The highest BCUT2D eigenvalue weighted by molar-refractivity contribution is 5.26.